The molecule has 0 radical (unpaired) electrons. The van der Waals surface area contributed by atoms with Gasteiger partial charge < -0.3 is 5.11 Å². The van der Waals surface area contributed by atoms with Crippen molar-refractivity contribution in [3.8, 4) is 0 Å². The van der Waals surface area contributed by atoms with Gasteiger partial charge in [-0.2, -0.15) is 0 Å². The van der Waals surface area contributed by atoms with Crippen LogP contribution in [0.3, 0.4) is 0 Å². The lowest BCUT2D eigenvalue weighted by molar-refractivity contribution is -0.138. The molecule has 3 rings (SSSR count). The van der Waals surface area contributed by atoms with Gasteiger partial charge in [0.2, 0.25) is 0 Å². The molecule has 1 N–H and O–H groups in total. The number of hydrogen-bond acceptors (Lipinski definition) is 4. The number of aromatic nitrogens is 2. The van der Waals surface area contributed by atoms with Crippen molar-refractivity contribution in [2.75, 3.05) is 0 Å². The molecule has 0 bridgehead atoms. The number of rotatable bonds is 2. The Morgan fingerprint density at radius 2 is 2.38 bits per heavy atom. The highest BCUT2D eigenvalue weighted by Crippen LogP contribution is 2.48. The van der Waals surface area contributed by atoms with Crippen LogP contribution in [0.1, 0.15) is 23.9 Å². The Hall–Kier alpha value is -1.49. The van der Waals surface area contributed by atoms with Crippen LogP contribution in [0.4, 0.5) is 0 Å². The minimum absolute atomic E-state index is 0.0799. The predicted octanol–water partition coefficient (Wildman–Crippen LogP) is 2.19. The van der Waals surface area contributed by atoms with Crippen LogP contribution < -0.4 is 0 Å². The molecule has 82 valence electrons. The summed E-state index contributed by atoms with van der Waals surface area (Å²) < 4.78 is 0. The second-order valence-corrected chi connectivity index (χ2v) is 4.98. The van der Waals surface area contributed by atoms with Gasteiger partial charge in [0.15, 0.2) is 0 Å². The standard InChI is InChI=1S/C11H10N2O2S/c1-5-12-9(7-4-8(7)11(14)15)6-2-3-16-10(6)13-5/h2-3,7-8H,4H2,1H3,(H,14,15). The Morgan fingerprint density at radius 1 is 1.56 bits per heavy atom. The van der Waals surface area contributed by atoms with Crippen LogP contribution in [0.25, 0.3) is 10.2 Å². The summed E-state index contributed by atoms with van der Waals surface area (Å²) >= 11 is 1.57. The maximum Gasteiger partial charge on any atom is 0.307 e. The number of carbonyl (C=O) groups is 1. The topological polar surface area (TPSA) is 63.1 Å². The minimum atomic E-state index is -0.718. The smallest absolute Gasteiger partial charge is 0.307 e. The van der Waals surface area contributed by atoms with Crippen LogP contribution in [0.15, 0.2) is 11.4 Å². The van der Waals surface area contributed by atoms with Crippen LogP contribution in [0.5, 0.6) is 0 Å². The summed E-state index contributed by atoms with van der Waals surface area (Å²) in [6.07, 6.45) is 0.705. The molecular weight excluding hydrogens is 224 g/mol. The highest BCUT2D eigenvalue weighted by Gasteiger charge is 2.46. The van der Waals surface area contributed by atoms with Gasteiger partial charge in [0.05, 0.1) is 11.6 Å². The molecule has 1 aliphatic carbocycles. The van der Waals surface area contributed by atoms with Gasteiger partial charge in [0.25, 0.3) is 0 Å². The van der Waals surface area contributed by atoms with E-state index < -0.39 is 5.97 Å². The summed E-state index contributed by atoms with van der Waals surface area (Å²) in [7, 11) is 0. The van der Waals surface area contributed by atoms with Crippen LogP contribution in [-0.2, 0) is 4.79 Å². The van der Waals surface area contributed by atoms with Crippen molar-refractivity contribution < 1.29 is 9.90 Å². The normalized spacial score (nSPS) is 23.6. The van der Waals surface area contributed by atoms with Gasteiger partial charge in [0.1, 0.15) is 10.7 Å². The summed E-state index contributed by atoms with van der Waals surface area (Å²) in [4.78, 5) is 20.6. The number of thiophene rings is 1. The first-order valence-electron chi connectivity index (χ1n) is 5.11. The highest BCUT2D eigenvalue weighted by atomic mass is 32.1. The molecule has 5 heteroatoms. The van der Waals surface area contributed by atoms with Crippen molar-refractivity contribution in [1.29, 1.82) is 0 Å². The number of nitrogens with zero attached hydrogens (tertiary/aromatic N) is 2. The lowest BCUT2D eigenvalue weighted by atomic mass is 10.1. The summed E-state index contributed by atoms with van der Waals surface area (Å²) in [5, 5.41) is 11.9. The summed E-state index contributed by atoms with van der Waals surface area (Å²) in [6.45, 7) is 1.85. The monoisotopic (exact) mass is 234 g/mol. The van der Waals surface area contributed by atoms with E-state index in [1.807, 2.05) is 18.4 Å². The number of fused-ring (bicyclic) bond motifs is 1. The first kappa shape index (κ1) is 9.72. The van der Waals surface area contributed by atoms with Crippen molar-refractivity contribution >= 4 is 27.5 Å². The number of carboxylic acid groups (broad SMARTS) is 1. The maximum atomic E-state index is 10.9. The number of aryl methyl sites for hydroxylation is 1. The third-order valence-corrected chi connectivity index (χ3v) is 3.73. The maximum absolute atomic E-state index is 10.9. The molecule has 0 saturated heterocycles. The molecule has 0 aromatic carbocycles. The number of hydrogen-bond donors (Lipinski definition) is 1. The van der Waals surface area contributed by atoms with Crippen LogP contribution in [0, 0.1) is 12.8 Å². The fourth-order valence-corrected chi connectivity index (χ4v) is 2.86. The molecule has 2 atom stereocenters. The van der Waals surface area contributed by atoms with E-state index in [1.165, 1.54) is 0 Å². The molecule has 16 heavy (non-hydrogen) atoms. The zero-order valence-electron chi connectivity index (χ0n) is 8.67. The van der Waals surface area contributed by atoms with Gasteiger partial charge in [-0.25, -0.2) is 9.97 Å². The second kappa shape index (κ2) is 3.25. The van der Waals surface area contributed by atoms with Gasteiger partial charge in [-0.1, -0.05) is 0 Å². The lowest BCUT2D eigenvalue weighted by Gasteiger charge is -2.01. The fourth-order valence-electron chi connectivity index (χ4n) is 2.04. The predicted molar refractivity (Wildman–Crippen MR) is 60.6 cm³/mol. The van der Waals surface area contributed by atoms with E-state index in [9.17, 15) is 4.79 Å². The molecule has 0 aliphatic heterocycles. The molecule has 0 amide bonds. The van der Waals surface area contributed by atoms with Crippen LogP contribution >= 0.6 is 11.3 Å². The third kappa shape index (κ3) is 1.39. The van der Waals surface area contributed by atoms with Crippen molar-refractivity contribution in [2.45, 2.75) is 19.3 Å². The highest BCUT2D eigenvalue weighted by molar-refractivity contribution is 7.16. The Labute approximate surface area is 96.0 Å². The van der Waals surface area contributed by atoms with Crippen molar-refractivity contribution in [3.63, 3.8) is 0 Å². The van der Waals surface area contributed by atoms with Crippen LogP contribution in [-0.4, -0.2) is 21.0 Å². The quantitative estimate of drug-likeness (QED) is 0.865. The molecule has 2 aromatic heterocycles. The summed E-state index contributed by atoms with van der Waals surface area (Å²) in [6, 6.07) is 1.98. The average molecular weight is 234 g/mol. The molecule has 4 nitrogen and oxygen atoms in total. The van der Waals surface area contributed by atoms with E-state index in [2.05, 4.69) is 9.97 Å². The second-order valence-electron chi connectivity index (χ2n) is 4.08. The number of aliphatic carboxylic acids is 1. The van der Waals surface area contributed by atoms with E-state index >= 15 is 0 Å². The van der Waals surface area contributed by atoms with Gasteiger partial charge in [-0.05, 0) is 24.8 Å². The van der Waals surface area contributed by atoms with E-state index in [4.69, 9.17) is 5.11 Å². The Morgan fingerprint density at radius 3 is 3.06 bits per heavy atom. The van der Waals surface area contributed by atoms with Gasteiger partial charge in [-0.15, -0.1) is 11.3 Å². The first-order valence-corrected chi connectivity index (χ1v) is 5.99. The zero-order valence-corrected chi connectivity index (χ0v) is 9.49. The lowest BCUT2D eigenvalue weighted by Crippen LogP contribution is -2.01. The van der Waals surface area contributed by atoms with Gasteiger partial charge in [-0.3, -0.25) is 4.79 Å². The molecule has 2 heterocycles. The van der Waals surface area contributed by atoms with E-state index in [0.29, 0.717) is 6.42 Å². The zero-order chi connectivity index (χ0) is 11.3. The Kier molecular flexibility index (Phi) is 1.97. The molecule has 1 aliphatic rings. The largest absolute Gasteiger partial charge is 0.481 e. The molecule has 0 spiro atoms. The van der Waals surface area contributed by atoms with Gasteiger partial charge >= 0.3 is 5.97 Å². The first-order chi connectivity index (χ1) is 7.66. The third-order valence-electron chi connectivity index (χ3n) is 2.93. The molecular formula is C11H10N2O2S. The average Bonchev–Trinajstić information content (AvgIpc) is 2.89. The molecule has 1 fully saturated rings. The summed E-state index contributed by atoms with van der Waals surface area (Å²) in [5.41, 5.74) is 0.913. The SMILES string of the molecule is Cc1nc(C2CC2C(=O)O)c2ccsc2n1. The molecule has 1 saturated carbocycles. The number of carboxylic acids is 1. The van der Waals surface area contributed by atoms with Crippen molar-refractivity contribution in [3.05, 3.63) is 23.0 Å². The fraction of sp³-hybridized carbons (Fsp3) is 0.364. The van der Waals surface area contributed by atoms with Crippen molar-refractivity contribution in [1.82, 2.24) is 9.97 Å². The van der Waals surface area contributed by atoms with Crippen LogP contribution in [0.2, 0.25) is 0 Å². The Bertz CT molecular complexity index is 578. The van der Waals surface area contributed by atoms with Crippen molar-refractivity contribution in [2.24, 2.45) is 5.92 Å². The van der Waals surface area contributed by atoms with E-state index in [1.54, 1.807) is 11.3 Å². The molecule has 2 aromatic rings. The Balaban J connectivity index is 2.10. The summed E-state index contributed by atoms with van der Waals surface area (Å²) in [5.74, 6) is -0.167. The molecule has 2 unspecified atom stereocenters. The van der Waals surface area contributed by atoms with E-state index in [0.717, 1.165) is 21.7 Å². The minimum Gasteiger partial charge on any atom is -0.481 e. The van der Waals surface area contributed by atoms with Gasteiger partial charge in [0, 0.05) is 11.3 Å². The van der Waals surface area contributed by atoms with E-state index in [-0.39, 0.29) is 11.8 Å².